The normalized spacial score (nSPS) is 12.3. The number of halogens is 1. The lowest BCUT2D eigenvalue weighted by atomic mass is 10.2. The van der Waals surface area contributed by atoms with Gasteiger partial charge in [-0.15, -0.1) is 0 Å². The third-order valence-electron chi connectivity index (χ3n) is 5.67. The van der Waals surface area contributed by atoms with Crippen LogP contribution >= 0.6 is 27.3 Å². The van der Waals surface area contributed by atoms with E-state index in [4.69, 9.17) is 4.74 Å². The third-order valence-corrected chi connectivity index (χ3v) is 7.16. The smallest absolute Gasteiger partial charge is 0.274 e. The van der Waals surface area contributed by atoms with Crippen LogP contribution in [0.15, 0.2) is 88.3 Å². The molecule has 3 heterocycles. The molecule has 3 aromatic heterocycles. The van der Waals surface area contributed by atoms with E-state index in [2.05, 4.69) is 43.8 Å². The van der Waals surface area contributed by atoms with Gasteiger partial charge in [-0.05, 0) is 48.5 Å². The molecular formula is C26H18BrN3O2S. The zero-order valence-corrected chi connectivity index (χ0v) is 19.8. The standard InChI is InChI=1S/C26H18BrN3O2S/c27-18-9-11-19(12-10-18)32-14-13-29-16-17(20-5-1-3-7-22(20)29)15-24-25(31)30-23-8-4-2-6-21(23)28-26(30)33-24/h1-12,15-16H,13-14H2. The molecular weight excluding hydrogens is 498 g/mol. The second-order valence-electron chi connectivity index (χ2n) is 7.73. The Kier molecular flexibility index (Phi) is 5.00. The van der Waals surface area contributed by atoms with Crippen molar-refractivity contribution in [2.75, 3.05) is 6.61 Å². The molecule has 0 saturated heterocycles. The lowest BCUT2D eigenvalue weighted by Gasteiger charge is -2.08. The SMILES string of the molecule is O=c1c(=Cc2cn(CCOc3ccc(Br)cc3)c3ccccc23)sc2nc3ccccc3n12. The lowest BCUT2D eigenvalue weighted by molar-refractivity contribution is 0.300. The summed E-state index contributed by atoms with van der Waals surface area (Å²) in [6.45, 7) is 1.25. The number of fused-ring (bicyclic) bond motifs is 4. The summed E-state index contributed by atoms with van der Waals surface area (Å²) in [7, 11) is 0. The highest BCUT2D eigenvalue weighted by atomic mass is 79.9. The van der Waals surface area contributed by atoms with E-state index in [0.717, 1.165) is 42.7 Å². The summed E-state index contributed by atoms with van der Waals surface area (Å²) in [5, 5.41) is 1.11. The highest BCUT2D eigenvalue weighted by Crippen LogP contribution is 2.23. The van der Waals surface area contributed by atoms with Crippen LogP contribution in [0.4, 0.5) is 0 Å². The fraction of sp³-hybridized carbons (Fsp3) is 0.0769. The third kappa shape index (κ3) is 3.63. The van der Waals surface area contributed by atoms with E-state index in [1.807, 2.05) is 66.7 Å². The summed E-state index contributed by atoms with van der Waals surface area (Å²) in [5.41, 5.74) is 3.79. The van der Waals surface area contributed by atoms with Crippen molar-refractivity contribution in [3.8, 4) is 5.75 Å². The second kappa shape index (κ2) is 8.17. The van der Waals surface area contributed by atoms with Crippen LogP contribution in [0.3, 0.4) is 0 Å². The number of hydrogen-bond acceptors (Lipinski definition) is 4. The van der Waals surface area contributed by atoms with E-state index in [-0.39, 0.29) is 5.56 Å². The molecule has 0 unspecified atom stereocenters. The monoisotopic (exact) mass is 515 g/mol. The molecule has 3 aromatic carbocycles. The van der Waals surface area contributed by atoms with Gasteiger partial charge < -0.3 is 9.30 Å². The van der Waals surface area contributed by atoms with E-state index in [1.54, 1.807) is 4.40 Å². The predicted octanol–water partition coefficient (Wildman–Crippen LogP) is 5.25. The molecule has 0 spiro atoms. The van der Waals surface area contributed by atoms with Crippen molar-refractivity contribution >= 4 is 60.2 Å². The van der Waals surface area contributed by atoms with Crippen molar-refractivity contribution in [3.05, 3.63) is 104 Å². The molecule has 0 radical (unpaired) electrons. The Labute approximate surface area is 201 Å². The van der Waals surface area contributed by atoms with Crippen LogP contribution in [0.1, 0.15) is 5.56 Å². The Morgan fingerprint density at radius 2 is 1.73 bits per heavy atom. The number of aromatic nitrogens is 3. The van der Waals surface area contributed by atoms with Gasteiger partial charge in [-0.25, -0.2) is 9.38 Å². The minimum atomic E-state index is -0.0286. The van der Waals surface area contributed by atoms with Gasteiger partial charge in [0.05, 0.1) is 22.1 Å². The second-order valence-corrected chi connectivity index (χ2v) is 9.66. The van der Waals surface area contributed by atoms with Gasteiger partial charge in [-0.3, -0.25) is 4.79 Å². The van der Waals surface area contributed by atoms with Crippen molar-refractivity contribution in [1.29, 1.82) is 0 Å². The molecule has 0 bridgehead atoms. The van der Waals surface area contributed by atoms with E-state index in [9.17, 15) is 4.79 Å². The summed E-state index contributed by atoms with van der Waals surface area (Å²) in [4.78, 5) is 18.5. The molecule has 0 amide bonds. The van der Waals surface area contributed by atoms with Gasteiger partial charge in [0.2, 0.25) is 0 Å². The molecule has 162 valence electrons. The fourth-order valence-electron chi connectivity index (χ4n) is 4.12. The first-order chi connectivity index (χ1) is 16.2. The average molecular weight is 516 g/mol. The van der Waals surface area contributed by atoms with Crippen LogP contribution in [-0.4, -0.2) is 20.6 Å². The Hall–Kier alpha value is -3.42. The average Bonchev–Trinajstić information content (AvgIpc) is 3.47. The maximum atomic E-state index is 13.2. The number of nitrogens with zero attached hydrogens (tertiary/aromatic N) is 3. The van der Waals surface area contributed by atoms with Gasteiger partial charge in [0.15, 0.2) is 4.96 Å². The Balaban J connectivity index is 1.37. The minimum Gasteiger partial charge on any atom is -0.492 e. The van der Waals surface area contributed by atoms with Crippen molar-refractivity contribution in [1.82, 2.24) is 14.0 Å². The number of benzene rings is 3. The molecule has 33 heavy (non-hydrogen) atoms. The minimum absolute atomic E-state index is 0.0286. The van der Waals surface area contributed by atoms with Crippen LogP contribution in [0.25, 0.3) is 33.0 Å². The van der Waals surface area contributed by atoms with Crippen LogP contribution in [0.5, 0.6) is 5.75 Å². The fourth-order valence-corrected chi connectivity index (χ4v) is 5.36. The largest absolute Gasteiger partial charge is 0.492 e. The summed E-state index contributed by atoms with van der Waals surface area (Å²) in [5.74, 6) is 0.839. The molecule has 0 N–H and O–H groups in total. The first kappa shape index (κ1) is 20.2. The number of rotatable bonds is 5. The van der Waals surface area contributed by atoms with Crippen molar-refractivity contribution in [3.63, 3.8) is 0 Å². The number of ether oxygens (including phenoxy) is 1. The van der Waals surface area contributed by atoms with Crippen LogP contribution in [-0.2, 0) is 6.54 Å². The van der Waals surface area contributed by atoms with Gasteiger partial charge in [-0.2, -0.15) is 0 Å². The molecule has 0 atom stereocenters. The summed E-state index contributed by atoms with van der Waals surface area (Å²) in [6, 6.07) is 23.8. The Morgan fingerprint density at radius 3 is 2.58 bits per heavy atom. The van der Waals surface area contributed by atoms with E-state index < -0.39 is 0 Å². The van der Waals surface area contributed by atoms with Gasteiger partial charge in [-0.1, -0.05) is 57.6 Å². The first-order valence-electron chi connectivity index (χ1n) is 10.6. The van der Waals surface area contributed by atoms with E-state index in [1.165, 1.54) is 11.3 Å². The summed E-state index contributed by atoms with van der Waals surface area (Å²) >= 11 is 4.87. The van der Waals surface area contributed by atoms with Crippen LogP contribution in [0.2, 0.25) is 0 Å². The van der Waals surface area contributed by atoms with Crippen LogP contribution in [0, 0.1) is 0 Å². The van der Waals surface area contributed by atoms with E-state index in [0.29, 0.717) is 17.7 Å². The molecule has 0 saturated carbocycles. The highest BCUT2D eigenvalue weighted by molar-refractivity contribution is 9.10. The lowest BCUT2D eigenvalue weighted by Crippen LogP contribution is -2.22. The molecule has 5 nitrogen and oxygen atoms in total. The first-order valence-corrected chi connectivity index (χ1v) is 12.2. The number of imidazole rings is 1. The van der Waals surface area contributed by atoms with Crippen molar-refractivity contribution in [2.45, 2.75) is 6.54 Å². The maximum Gasteiger partial charge on any atom is 0.274 e. The highest BCUT2D eigenvalue weighted by Gasteiger charge is 2.12. The van der Waals surface area contributed by atoms with Gasteiger partial charge in [0, 0.05) is 27.1 Å². The number of hydrogen-bond donors (Lipinski definition) is 0. The van der Waals surface area contributed by atoms with Crippen LogP contribution < -0.4 is 14.8 Å². The maximum absolute atomic E-state index is 13.2. The van der Waals surface area contributed by atoms with Gasteiger partial charge >= 0.3 is 0 Å². The molecule has 7 heteroatoms. The summed E-state index contributed by atoms with van der Waals surface area (Å²) < 4.78 is 11.5. The number of para-hydroxylation sites is 3. The van der Waals surface area contributed by atoms with Crippen molar-refractivity contribution < 1.29 is 4.74 Å². The predicted molar refractivity (Wildman–Crippen MR) is 137 cm³/mol. The van der Waals surface area contributed by atoms with Gasteiger partial charge in [0.25, 0.3) is 5.56 Å². The zero-order chi connectivity index (χ0) is 22.4. The Morgan fingerprint density at radius 1 is 0.970 bits per heavy atom. The zero-order valence-electron chi connectivity index (χ0n) is 17.4. The summed E-state index contributed by atoms with van der Waals surface area (Å²) in [6.07, 6.45) is 4.07. The molecule has 0 aliphatic carbocycles. The molecule has 6 rings (SSSR count). The number of thiazole rings is 1. The molecule has 6 aromatic rings. The molecule has 0 aliphatic heterocycles. The Bertz CT molecular complexity index is 1730. The van der Waals surface area contributed by atoms with E-state index >= 15 is 0 Å². The van der Waals surface area contributed by atoms with Gasteiger partial charge in [0.1, 0.15) is 12.4 Å². The molecule has 0 fully saturated rings. The molecule has 0 aliphatic rings. The van der Waals surface area contributed by atoms with Crippen molar-refractivity contribution in [2.24, 2.45) is 0 Å². The topological polar surface area (TPSA) is 48.5 Å². The quantitative estimate of drug-likeness (QED) is 0.315.